The van der Waals surface area contributed by atoms with Crippen molar-refractivity contribution >= 4 is 17.8 Å². The van der Waals surface area contributed by atoms with Gasteiger partial charge in [0.25, 0.3) is 11.8 Å². The van der Waals surface area contributed by atoms with E-state index in [1.807, 2.05) is 32.0 Å². The summed E-state index contributed by atoms with van der Waals surface area (Å²) in [6.07, 6.45) is -1.28. The van der Waals surface area contributed by atoms with Crippen LogP contribution < -0.4 is 0 Å². The summed E-state index contributed by atoms with van der Waals surface area (Å²) in [5.74, 6) is -0.875. The van der Waals surface area contributed by atoms with Crippen molar-refractivity contribution in [1.82, 2.24) is 14.7 Å². The predicted molar refractivity (Wildman–Crippen MR) is 124 cm³/mol. The minimum Gasteiger partial charge on any atom is -0.467 e. The normalized spacial score (nSPS) is 26.1. The highest BCUT2D eigenvalue weighted by molar-refractivity contribution is 5.94. The van der Waals surface area contributed by atoms with Crippen molar-refractivity contribution in [2.75, 3.05) is 46.4 Å². The Balaban J connectivity index is 1.33. The molecule has 0 N–H and O–H groups in total. The van der Waals surface area contributed by atoms with Crippen LogP contribution in [0.4, 0.5) is 0 Å². The second-order valence-corrected chi connectivity index (χ2v) is 9.60. The van der Waals surface area contributed by atoms with Crippen LogP contribution in [0.2, 0.25) is 0 Å². The lowest BCUT2D eigenvalue weighted by Gasteiger charge is -2.37. The number of nitrogens with zero attached hydrogens (tertiary/aromatic N) is 3. The zero-order valence-electron chi connectivity index (χ0n) is 20.2. The molecular formula is C25H35N3O6. The van der Waals surface area contributed by atoms with Gasteiger partial charge < -0.3 is 24.0 Å². The Morgan fingerprint density at radius 2 is 1.79 bits per heavy atom. The van der Waals surface area contributed by atoms with Crippen LogP contribution in [-0.4, -0.2) is 103 Å². The maximum absolute atomic E-state index is 13.3. The molecule has 0 saturated carbocycles. The van der Waals surface area contributed by atoms with Crippen molar-refractivity contribution in [2.24, 2.45) is 5.92 Å². The van der Waals surface area contributed by atoms with Crippen LogP contribution >= 0.6 is 0 Å². The number of hydrogen-bond donors (Lipinski definition) is 0. The van der Waals surface area contributed by atoms with Gasteiger partial charge in [-0.1, -0.05) is 44.2 Å². The highest BCUT2D eigenvalue weighted by atomic mass is 16.7. The van der Waals surface area contributed by atoms with Crippen LogP contribution in [-0.2, 0) is 35.0 Å². The van der Waals surface area contributed by atoms with Gasteiger partial charge in [0.2, 0.25) is 0 Å². The molecule has 3 heterocycles. The summed E-state index contributed by atoms with van der Waals surface area (Å²) in [4.78, 5) is 44.5. The molecular weight excluding hydrogens is 438 g/mol. The van der Waals surface area contributed by atoms with Gasteiger partial charge in [0.15, 0.2) is 18.5 Å². The number of fused-ring (bicyclic) bond motifs is 2. The zero-order chi connectivity index (χ0) is 24.2. The van der Waals surface area contributed by atoms with Crippen molar-refractivity contribution in [3.05, 3.63) is 35.9 Å². The van der Waals surface area contributed by atoms with Crippen LogP contribution in [0.3, 0.4) is 0 Å². The van der Waals surface area contributed by atoms with E-state index in [0.717, 1.165) is 26.1 Å². The Bertz CT molecular complexity index is 871. The van der Waals surface area contributed by atoms with Gasteiger partial charge in [-0.25, -0.2) is 4.79 Å². The molecule has 0 spiro atoms. The summed E-state index contributed by atoms with van der Waals surface area (Å²) in [6.45, 7) is 7.74. The van der Waals surface area contributed by atoms with Crippen LogP contribution in [0.25, 0.3) is 0 Å². The van der Waals surface area contributed by atoms with Crippen LogP contribution in [0.5, 0.6) is 0 Å². The fourth-order valence-corrected chi connectivity index (χ4v) is 4.90. The molecule has 3 fully saturated rings. The van der Waals surface area contributed by atoms with E-state index in [2.05, 4.69) is 17.0 Å². The van der Waals surface area contributed by atoms with Gasteiger partial charge in [0.05, 0.1) is 13.7 Å². The zero-order valence-corrected chi connectivity index (χ0v) is 20.2. The first-order valence-electron chi connectivity index (χ1n) is 12.1. The van der Waals surface area contributed by atoms with Gasteiger partial charge in [-0.05, 0) is 24.3 Å². The van der Waals surface area contributed by atoms with E-state index in [0.29, 0.717) is 19.5 Å². The number of ether oxygens (including phenoxy) is 3. The number of hydrogen-bond acceptors (Lipinski definition) is 7. The fourth-order valence-electron chi connectivity index (χ4n) is 4.90. The van der Waals surface area contributed by atoms with E-state index in [1.165, 1.54) is 17.6 Å². The highest BCUT2D eigenvalue weighted by Crippen LogP contribution is 2.31. The lowest BCUT2D eigenvalue weighted by molar-refractivity contribution is -0.174. The summed E-state index contributed by atoms with van der Waals surface area (Å²) in [5.41, 5.74) is 1.30. The average Bonchev–Trinajstić information content (AvgIpc) is 3.22. The van der Waals surface area contributed by atoms with E-state index in [-0.39, 0.29) is 24.3 Å². The van der Waals surface area contributed by atoms with Gasteiger partial charge >= 0.3 is 5.97 Å². The molecule has 2 bridgehead atoms. The molecule has 3 saturated heterocycles. The van der Waals surface area contributed by atoms with Crippen molar-refractivity contribution < 1.29 is 28.6 Å². The van der Waals surface area contributed by atoms with Gasteiger partial charge in [0, 0.05) is 32.7 Å². The Labute approximate surface area is 200 Å². The highest BCUT2D eigenvalue weighted by Gasteiger charge is 2.54. The molecule has 1 aromatic rings. The van der Waals surface area contributed by atoms with E-state index in [1.54, 1.807) is 4.90 Å². The lowest BCUT2D eigenvalue weighted by atomic mass is 10.0. The molecule has 3 aliphatic rings. The third kappa shape index (κ3) is 5.42. The standard InChI is InChI=1S/C25H35N3O6/c1-17(2)15-19(25(31)32-3)28-16-20-33-21(22(34-20)24(28)30)23(29)27-13-11-26(12-14-27)10-9-18-7-5-4-6-8-18/h4-8,17,19-22H,9-16H2,1-3H3. The lowest BCUT2D eigenvalue weighted by Crippen LogP contribution is -2.58. The monoisotopic (exact) mass is 473 g/mol. The van der Waals surface area contributed by atoms with Crippen molar-refractivity contribution in [3.63, 3.8) is 0 Å². The predicted octanol–water partition coefficient (Wildman–Crippen LogP) is 0.913. The molecule has 0 aromatic heterocycles. The smallest absolute Gasteiger partial charge is 0.328 e. The first-order valence-corrected chi connectivity index (χ1v) is 12.1. The number of piperazine rings is 1. The quantitative estimate of drug-likeness (QED) is 0.519. The van der Waals surface area contributed by atoms with E-state index < -0.39 is 30.5 Å². The van der Waals surface area contributed by atoms with Crippen LogP contribution in [0.1, 0.15) is 25.8 Å². The summed E-state index contributed by atoms with van der Waals surface area (Å²) < 4.78 is 16.5. The molecule has 2 amide bonds. The van der Waals surface area contributed by atoms with Crippen molar-refractivity contribution in [3.8, 4) is 0 Å². The summed E-state index contributed by atoms with van der Waals surface area (Å²) in [5, 5.41) is 0. The largest absolute Gasteiger partial charge is 0.467 e. The number of rotatable bonds is 8. The van der Waals surface area contributed by atoms with E-state index in [9.17, 15) is 14.4 Å². The third-order valence-corrected chi connectivity index (χ3v) is 6.78. The van der Waals surface area contributed by atoms with Crippen molar-refractivity contribution in [2.45, 2.75) is 51.2 Å². The Morgan fingerprint density at radius 1 is 1.09 bits per heavy atom. The molecule has 186 valence electrons. The van der Waals surface area contributed by atoms with Crippen molar-refractivity contribution in [1.29, 1.82) is 0 Å². The number of morpholine rings is 1. The fraction of sp³-hybridized carbons (Fsp3) is 0.640. The minimum atomic E-state index is -1.03. The van der Waals surface area contributed by atoms with Crippen LogP contribution in [0, 0.1) is 5.92 Å². The molecule has 4 unspecified atom stereocenters. The average molecular weight is 474 g/mol. The molecule has 1 aromatic carbocycles. The Kier molecular flexibility index (Phi) is 7.85. The summed E-state index contributed by atoms with van der Waals surface area (Å²) in [6, 6.07) is 9.65. The number of methoxy groups -OCH3 is 1. The van der Waals surface area contributed by atoms with Gasteiger partial charge in [0.1, 0.15) is 6.04 Å². The van der Waals surface area contributed by atoms with E-state index in [4.69, 9.17) is 14.2 Å². The molecule has 4 rings (SSSR count). The molecule has 9 heteroatoms. The maximum Gasteiger partial charge on any atom is 0.328 e. The Hall–Kier alpha value is -2.49. The third-order valence-electron chi connectivity index (χ3n) is 6.78. The topological polar surface area (TPSA) is 88.6 Å². The molecule has 0 radical (unpaired) electrons. The Morgan fingerprint density at radius 3 is 2.44 bits per heavy atom. The molecule has 0 aliphatic carbocycles. The van der Waals surface area contributed by atoms with Gasteiger partial charge in [-0.3, -0.25) is 14.5 Å². The number of carbonyl (C=O) groups is 3. The number of carbonyl (C=O) groups excluding carboxylic acids is 3. The molecule has 4 atom stereocenters. The first kappa shape index (κ1) is 24.6. The second kappa shape index (κ2) is 10.8. The minimum absolute atomic E-state index is 0.110. The maximum atomic E-state index is 13.3. The number of benzene rings is 1. The molecule has 9 nitrogen and oxygen atoms in total. The van der Waals surface area contributed by atoms with Crippen LogP contribution in [0.15, 0.2) is 30.3 Å². The van der Waals surface area contributed by atoms with Gasteiger partial charge in [-0.2, -0.15) is 0 Å². The SMILES string of the molecule is COC(=O)C(CC(C)C)N1CC2OC(C(=O)N3CCN(CCc4ccccc4)CC3)C(O2)C1=O. The first-order chi connectivity index (χ1) is 16.4. The molecule has 34 heavy (non-hydrogen) atoms. The summed E-state index contributed by atoms with van der Waals surface area (Å²) >= 11 is 0. The van der Waals surface area contributed by atoms with E-state index >= 15 is 0 Å². The number of amides is 2. The van der Waals surface area contributed by atoms with Gasteiger partial charge in [-0.15, -0.1) is 0 Å². The molecule has 3 aliphatic heterocycles. The summed E-state index contributed by atoms with van der Waals surface area (Å²) in [7, 11) is 1.32. The number of esters is 1. The second-order valence-electron chi connectivity index (χ2n) is 9.60.